The lowest BCUT2D eigenvalue weighted by Gasteiger charge is -2.16. The van der Waals surface area contributed by atoms with Crippen LogP contribution >= 0.6 is 23.2 Å². The summed E-state index contributed by atoms with van der Waals surface area (Å²) < 4.78 is 126. The first-order valence-corrected chi connectivity index (χ1v) is 10.2. The van der Waals surface area contributed by atoms with Crippen molar-refractivity contribution >= 4 is 40.1 Å². The number of anilines is 1. The average Bonchev–Trinajstić information content (AvgIpc) is 3.45. The van der Waals surface area contributed by atoms with Crippen molar-refractivity contribution < 1.29 is 44.3 Å². The zero-order valence-electron chi connectivity index (χ0n) is 16.7. The fraction of sp³-hybridized carbons (Fsp3) is 0.389. The molecule has 3 aromatic rings. The molecular formula is C18H10Cl2F9N5O. The molecule has 1 N–H and O–H groups in total. The first kappa shape index (κ1) is 25.6. The summed E-state index contributed by atoms with van der Waals surface area (Å²) in [6, 6.07) is 0.906. The number of hydrogen-bond donors (Lipinski definition) is 1. The predicted molar refractivity (Wildman–Crippen MR) is 105 cm³/mol. The summed E-state index contributed by atoms with van der Waals surface area (Å²) in [6.07, 6.45) is -15.5. The van der Waals surface area contributed by atoms with Gasteiger partial charge in [-0.3, -0.25) is 0 Å². The topological polar surface area (TPSA) is 68.2 Å². The van der Waals surface area contributed by atoms with E-state index in [-0.39, 0.29) is 12.6 Å². The molecule has 1 aliphatic heterocycles. The summed E-state index contributed by atoms with van der Waals surface area (Å²) in [7, 11) is 0. The van der Waals surface area contributed by atoms with Crippen LogP contribution in [-0.4, -0.2) is 39.0 Å². The number of benzene rings is 1. The van der Waals surface area contributed by atoms with Crippen LogP contribution in [0.4, 0.5) is 45.3 Å². The maximum atomic E-state index is 13.8. The highest BCUT2D eigenvalue weighted by molar-refractivity contribution is 6.38. The third-order valence-electron chi connectivity index (χ3n) is 4.77. The Morgan fingerprint density at radius 1 is 0.943 bits per heavy atom. The van der Waals surface area contributed by atoms with Gasteiger partial charge in [0.15, 0.2) is 11.3 Å². The number of aromatic nitrogens is 4. The fourth-order valence-electron chi connectivity index (χ4n) is 3.16. The van der Waals surface area contributed by atoms with Gasteiger partial charge in [-0.2, -0.15) is 39.5 Å². The molecule has 0 radical (unpaired) electrons. The van der Waals surface area contributed by atoms with Crippen molar-refractivity contribution in [2.45, 2.75) is 31.1 Å². The van der Waals surface area contributed by atoms with Gasteiger partial charge in [-0.25, -0.2) is 14.6 Å². The van der Waals surface area contributed by atoms with E-state index in [1.165, 1.54) is 0 Å². The molecule has 1 saturated heterocycles. The van der Waals surface area contributed by atoms with Gasteiger partial charge >= 0.3 is 18.5 Å². The molecule has 1 aromatic carbocycles. The van der Waals surface area contributed by atoms with Crippen LogP contribution in [0.25, 0.3) is 16.7 Å². The summed E-state index contributed by atoms with van der Waals surface area (Å²) in [6.45, 7) is 0.365. The molecule has 4 rings (SSSR count). The third-order valence-corrected chi connectivity index (χ3v) is 5.35. The van der Waals surface area contributed by atoms with Gasteiger partial charge in [-0.1, -0.05) is 23.2 Å². The molecule has 0 saturated carbocycles. The second-order valence-corrected chi connectivity index (χ2v) is 8.12. The number of halogens is 11. The molecule has 2 aromatic heterocycles. The summed E-state index contributed by atoms with van der Waals surface area (Å²) in [4.78, 5) is 5.76. The van der Waals surface area contributed by atoms with E-state index in [1.807, 2.05) is 0 Å². The summed E-state index contributed by atoms with van der Waals surface area (Å²) in [5, 5.41) is 3.97. The minimum atomic E-state index is -5.38. The zero-order chi connectivity index (χ0) is 25.9. The van der Waals surface area contributed by atoms with E-state index in [9.17, 15) is 39.5 Å². The van der Waals surface area contributed by atoms with Gasteiger partial charge < -0.3 is 10.1 Å². The molecule has 0 aliphatic carbocycles. The standard InChI is InChI=1S/C18H10Cl2F9N5O/c19-8-3-6(16(21,22)23)4-9(20)11(8)34-14(30-2-1-7-5-35-7)10-12(17(24,25)26)31-15(18(27,28)29)32-13(10)33-34/h3-4,7,30H,1-2,5H2. The van der Waals surface area contributed by atoms with E-state index in [0.717, 1.165) is 0 Å². The van der Waals surface area contributed by atoms with Crippen LogP contribution in [0.5, 0.6) is 0 Å². The summed E-state index contributed by atoms with van der Waals surface area (Å²) in [5.41, 5.74) is -4.75. The lowest BCUT2D eigenvalue weighted by atomic mass is 10.2. The van der Waals surface area contributed by atoms with Crippen molar-refractivity contribution in [2.75, 3.05) is 18.5 Å². The van der Waals surface area contributed by atoms with Gasteiger partial charge in [0, 0.05) is 6.54 Å². The Labute approximate surface area is 199 Å². The molecule has 6 nitrogen and oxygen atoms in total. The zero-order valence-corrected chi connectivity index (χ0v) is 18.2. The monoisotopic (exact) mass is 553 g/mol. The number of alkyl halides is 9. The Hall–Kier alpha value is -2.52. The Morgan fingerprint density at radius 2 is 1.54 bits per heavy atom. The number of fused-ring (bicyclic) bond motifs is 1. The molecule has 35 heavy (non-hydrogen) atoms. The van der Waals surface area contributed by atoms with Gasteiger partial charge in [-0.05, 0) is 18.6 Å². The second-order valence-electron chi connectivity index (χ2n) is 7.31. The normalized spacial score (nSPS) is 16.7. The highest BCUT2D eigenvalue weighted by Crippen LogP contribution is 2.43. The first-order chi connectivity index (χ1) is 16.1. The van der Waals surface area contributed by atoms with Crippen molar-refractivity contribution in [3.05, 3.63) is 39.3 Å². The molecule has 0 amide bonds. The van der Waals surface area contributed by atoms with E-state index in [0.29, 0.717) is 29.8 Å². The molecule has 190 valence electrons. The van der Waals surface area contributed by atoms with Crippen LogP contribution in [0.3, 0.4) is 0 Å². The highest BCUT2D eigenvalue weighted by atomic mass is 35.5. The number of nitrogens with one attached hydrogen (secondary N) is 1. The van der Waals surface area contributed by atoms with Crippen LogP contribution in [0.15, 0.2) is 12.1 Å². The van der Waals surface area contributed by atoms with Gasteiger partial charge in [0.05, 0.1) is 33.7 Å². The van der Waals surface area contributed by atoms with E-state index in [1.54, 1.807) is 0 Å². The maximum absolute atomic E-state index is 13.8. The van der Waals surface area contributed by atoms with Crippen molar-refractivity contribution in [3.63, 3.8) is 0 Å². The Bertz CT molecular complexity index is 1260. The molecule has 17 heteroatoms. The highest BCUT2D eigenvalue weighted by Gasteiger charge is 2.43. The van der Waals surface area contributed by atoms with Gasteiger partial charge in [-0.15, -0.1) is 5.10 Å². The molecule has 0 spiro atoms. The lowest BCUT2D eigenvalue weighted by Crippen LogP contribution is -2.18. The number of rotatable bonds is 5. The van der Waals surface area contributed by atoms with Gasteiger partial charge in [0.2, 0.25) is 5.82 Å². The molecule has 1 unspecified atom stereocenters. The summed E-state index contributed by atoms with van der Waals surface area (Å²) >= 11 is 11.9. The van der Waals surface area contributed by atoms with Crippen LogP contribution in [0, 0.1) is 0 Å². The molecule has 1 aliphatic rings. The maximum Gasteiger partial charge on any atom is 0.451 e. The largest absolute Gasteiger partial charge is 0.451 e. The summed E-state index contributed by atoms with van der Waals surface area (Å²) in [5.74, 6) is -2.67. The minimum Gasteiger partial charge on any atom is -0.373 e. The number of ether oxygens (including phenoxy) is 1. The van der Waals surface area contributed by atoms with Crippen molar-refractivity contribution in [3.8, 4) is 5.69 Å². The van der Waals surface area contributed by atoms with Gasteiger partial charge in [0.25, 0.3) is 0 Å². The third kappa shape index (κ3) is 5.21. The Kier molecular flexibility index (Phi) is 6.25. The second kappa shape index (κ2) is 8.55. The Morgan fingerprint density at radius 3 is 2.03 bits per heavy atom. The molecule has 3 heterocycles. The fourth-order valence-corrected chi connectivity index (χ4v) is 3.81. The predicted octanol–water partition coefficient (Wildman–Crippen LogP) is 6.38. The number of epoxide rings is 1. The number of nitrogens with zero attached hydrogens (tertiary/aromatic N) is 4. The molecule has 0 bridgehead atoms. The SMILES string of the molecule is FC(F)(F)c1cc(Cl)c(-n2nc3nc(C(F)(F)F)nc(C(F)(F)F)c3c2NCCC2CO2)c(Cl)c1. The van der Waals surface area contributed by atoms with Crippen LogP contribution in [-0.2, 0) is 23.3 Å². The lowest BCUT2D eigenvalue weighted by molar-refractivity contribution is -0.151. The van der Waals surface area contributed by atoms with E-state index in [4.69, 9.17) is 27.9 Å². The Balaban J connectivity index is 1.99. The molecule has 1 fully saturated rings. The molecule has 1 atom stereocenters. The van der Waals surface area contributed by atoms with E-state index >= 15 is 0 Å². The quantitative estimate of drug-likeness (QED) is 0.293. The van der Waals surface area contributed by atoms with Crippen molar-refractivity contribution in [2.24, 2.45) is 0 Å². The van der Waals surface area contributed by atoms with Crippen molar-refractivity contribution in [1.82, 2.24) is 19.7 Å². The minimum absolute atomic E-state index is 0.0420. The van der Waals surface area contributed by atoms with Crippen molar-refractivity contribution in [1.29, 1.82) is 0 Å². The molecular weight excluding hydrogens is 544 g/mol. The number of hydrogen-bond acceptors (Lipinski definition) is 5. The first-order valence-electron chi connectivity index (χ1n) is 9.44. The van der Waals surface area contributed by atoms with Crippen LogP contribution in [0.1, 0.15) is 23.5 Å². The van der Waals surface area contributed by atoms with Gasteiger partial charge in [0.1, 0.15) is 11.5 Å². The van der Waals surface area contributed by atoms with E-state index < -0.39 is 68.2 Å². The smallest absolute Gasteiger partial charge is 0.373 e. The van der Waals surface area contributed by atoms with E-state index in [2.05, 4.69) is 20.4 Å². The van der Waals surface area contributed by atoms with Crippen LogP contribution in [0.2, 0.25) is 10.0 Å². The average molecular weight is 554 g/mol. The van der Waals surface area contributed by atoms with Crippen LogP contribution < -0.4 is 5.32 Å².